The van der Waals surface area contributed by atoms with Crippen LogP contribution >= 0.6 is 0 Å². The Morgan fingerprint density at radius 3 is 2.59 bits per heavy atom. The molecule has 5 rings (SSSR count). The number of nitrogens with zero attached hydrogens (tertiary/aromatic N) is 5. The zero-order valence-electron chi connectivity index (χ0n) is 21.7. The van der Waals surface area contributed by atoms with Gasteiger partial charge in [-0.1, -0.05) is 23.4 Å². The summed E-state index contributed by atoms with van der Waals surface area (Å²) < 4.78 is 1.83. The highest BCUT2D eigenvalue weighted by molar-refractivity contribution is 5.94. The van der Waals surface area contributed by atoms with Crippen molar-refractivity contribution in [2.45, 2.75) is 59.5 Å². The normalized spacial score (nSPS) is 14.0. The van der Waals surface area contributed by atoms with Crippen molar-refractivity contribution < 1.29 is 14.7 Å². The van der Waals surface area contributed by atoms with Gasteiger partial charge in [0.15, 0.2) is 0 Å². The van der Waals surface area contributed by atoms with Crippen LogP contribution in [0.25, 0.3) is 11.0 Å². The number of carboxylic acids is 1. The largest absolute Gasteiger partial charge is 0.481 e. The van der Waals surface area contributed by atoms with E-state index in [0.29, 0.717) is 37.3 Å². The number of carbonyl (C=O) groups excluding carboxylic acids is 1. The molecule has 8 nitrogen and oxygen atoms in total. The number of aryl methyl sites for hydroxylation is 4. The molecular formula is C29H31N5O3. The first-order valence-corrected chi connectivity index (χ1v) is 12.7. The Morgan fingerprint density at radius 2 is 1.86 bits per heavy atom. The van der Waals surface area contributed by atoms with E-state index in [4.69, 9.17) is 4.98 Å². The van der Waals surface area contributed by atoms with E-state index < -0.39 is 11.9 Å². The van der Waals surface area contributed by atoms with Gasteiger partial charge in [0.05, 0.1) is 24.2 Å². The monoisotopic (exact) mass is 497 g/mol. The number of aliphatic carboxylic acids is 1. The van der Waals surface area contributed by atoms with Crippen molar-refractivity contribution in [3.63, 3.8) is 0 Å². The summed E-state index contributed by atoms with van der Waals surface area (Å²) in [5, 5.41) is 18.3. The van der Waals surface area contributed by atoms with Gasteiger partial charge in [0, 0.05) is 30.3 Å². The number of hydrogen-bond donors (Lipinski definition) is 1. The van der Waals surface area contributed by atoms with Gasteiger partial charge >= 0.3 is 5.97 Å². The van der Waals surface area contributed by atoms with Crippen molar-refractivity contribution in [2.75, 3.05) is 6.54 Å². The molecule has 4 aromatic rings. The molecule has 0 unspecified atom stereocenters. The van der Waals surface area contributed by atoms with Gasteiger partial charge in [-0.05, 0) is 86.2 Å². The molecule has 0 saturated carbocycles. The highest BCUT2D eigenvalue weighted by Gasteiger charge is 2.27. The van der Waals surface area contributed by atoms with Gasteiger partial charge in [-0.15, -0.1) is 5.10 Å². The average molecular weight is 498 g/mol. The molecule has 1 aliphatic rings. The topological polar surface area (TPSA) is 101 Å². The van der Waals surface area contributed by atoms with Gasteiger partial charge in [-0.25, -0.2) is 4.68 Å². The summed E-state index contributed by atoms with van der Waals surface area (Å²) in [4.78, 5) is 31.9. The molecule has 8 heteroatoms. The van der Waals surface area contributed by atoms with Crippen LogP contribution in [0.3, 0.4) is 0 Å². The maximum Gasteiger partial charge on any atom is 0.304 e. The predicted octanol–water partition coefficient (Wildman–Crippen LogP) is 4.58. The number of hydrogen-bond acceptors (Lipinski definition) is 5. The second-order valence-corrected chi connectivity index (χ2v) is 9.82. The fourth-order valence-electron chi connectivity index (χ4n) is 5.19. The summed E-state index contributed by atoms with van der Waals surface area (Å²) in [5.74, 6) is -1.35. The summed E-state index contributed by atoms with van der Waals surface area (Å²) in [7, 11) is 0. The van der Waals surface area contributed by atoms with Crippen molar-refractivity contribution in [1.29, 1.82) is 0 Å². The number of fused-ring (bicyclic) bond motifs is 2. The number of benzene rings is 2. The number of carboxylic acid groups (broad SMARTS) is 1. The second-order valence-electron chi connectivity index (χ2n) is 9.82. The Labute approximate surface area is 215 Å². The lowest BCUT2D eigenvalue weighted by atomic mass is 9.87. The molecule has 0 bridgehead atoms. The molecule has 0 fully saturated rings. The van der Waals surface area contributed by atoms with Crippen LogP contribution in [0.1, 0.15) is 68.8 Å². The minimum absolute atomic E-state index is 0.0108. The molecule has 0 saturated heterocycles. The Balaban J connectivity index is 1.49. The van der Waals surface area contributed by atoms with Crippen LogP contribution in [0.2, 0.25) is 0 Å². The van der Waals surface area contributed by atoms with Crippen molar-refractivity contribution in [3.8, 4) is 0 Å². The molecule has 1 atom stereocenters. The van der Waals surface area contributed by atoms with Crippen molar-refractivity contribution in [3.05, 3.63) is 87.2 Å². The number of rotatable bonds is 6. The van der Waals surface area contributed by atoms with Crippen LogP contribution in [-0.2, 0) is 24.3 Å². The van der Waals surface area contributed by atoms with Crippen LogP contribution in [0, 0.1) is 20.8 Å². The minimum Gasteiger partial charge on any atom is -0.481 e. The molecule has 1 amide bonds. The summed E-state index contributed by atoms with van der Waals surface area (Å²) in [5.41, 5.74) is 9.02. The van der Waals surface area contributed by atoms with Gasteiger partial charge in [-0.2, -0.15) is 0 Å². The third kappa shape index (κ3) is 4.59. The SMILES string of the molecule is CCn1nnc2c(C)c([C@@H](CC(=O)O)c3ccc4c(n3)CN(C(=O)c3ccc(C)c(C)c3)CC4)ccc21. The zero-order chi connectivity index (χ0) is 26.3. The third-order valence-electron chi connectivity index (χ3n) is 7.52. The molecular weight excluding hydrogens is 466 g/mol. The van der Waals surface area contributed by atoms with Crippen LogP contribution in [0.5, 0.6) is 0 Å². The van der Waals surface area contributed by atoms with E-state index in [1.54, 1.807) is 0 Å². The van der Waals surface area contributed by atoms with Gasteiger partial charge in [0.1, 0.15) is 5.52 Å². The third-order valence-corrected chi connectivity index (χ3v) is 7.52. The first kappa shape index (κ1) is 24.6. The maximum atomic E-state index is 13.3. The standard InChI is InChI=1S/C29H31N5O3/c1-5-34-26-11-9-22(19(4)28(26)31-32-34)23(15-27(35)36)24-10-8-20-12-13-33(16-25(20)30-24)29(37)21-7-6-17(2)18(3)14-21/h6-11,14,23H,5,12-13,15-16H2,1-4H3,(H,35,36)/t23-/m1/s1. The Hall–Kier alpha value is -4.07. The second kappa shape index (κ2) is 9.76. The van der Waals surface area contributed by atoms with Gasteiger partial charge < -0.3 is 10.0 Å². The minimum atomic E-state index is -0.896. The van der Waals surface area contributed by atoms with Crippen LogP contribution in [-0.4, -0.2) is 48.4 Å². The van der Waals surface area contributed by atoms with Crippen LogP contribution < -0.4 is 0 Å². The lowest BCUT2D eigenvalue weighted by Crippen LogP contribution is -2.36. The lowest BCUT2D eigenvalue weighted by Gasteiger charge is -2.29. The number of carbonyl (C=O) groups is 2. The molecule has 0 spiro atoms. The quantitative estimate of drug-likeness (QED) is 0.419. The summed E-state index contributed by atoms with van der Waals surface area (Å²) in [6, 6.07) is 13.7. The van der Waals surface area contributed by atoms with E-state index >= 15 is 0 Å². The highest BCUT2D eigenvalue weighted by atomic mass is 16.4. The van der Waals surface area contributed by atoms with E-state index in [0.717, 1.165) is 44.5 Å². The molecule has 2 aromatic carbocycles. The summed E-state index contributed by atoms with van der Waals surface area (Å²) in [6.07, 6.45) is 0.624. The fourth-order valence-corrected chi connectivity index (χ4v) is 5.19. The zero-order valence-corrected chi connectivity index (χ0v) is 21.7. The molecule has 0 aliphatic carbocycles. The van der Waals surface area contributed by atoms with Crippen LogP contribution in [0.4, 0.5) is 0 Å². The van der Waals surface area contributed by atoms with E-state index in [1.807, 2.05) is 79.7 Å². The smallest absolute Gasteiger partial charge is 0.304 e. The Morgan fingerprint density at radius 1 is 1.05 bits per heavy atom. The molecule has 2 aromatic heterocycles. The number of pyridine rings is 1. The van der Waals surface area contributed by atoms with Crippen LogP contribution in [0.15, 0.2) is 42.5 Å². The summed E-state index contributed by atoms with van der Waals surface area (Å²) in [6.45, 7) is 9.75. The highest BCUT2D eigenvalue weighted by Crippen LogP contribution is 2.33. The number of aromatic nitrogens is 4. The lowest BCUT2D eigenvalue weighted by molar-refractivity contribution is -0.137. The average Bonchev–Trinajstić information content (AvgIpc) is 3.32. The maximum absolute atomic E-state index is 13.3. The Kier molecular flexibility index (Phi) is 6.50. The number of amides is 1. The van der Waals surface area contributed by atoms with Gasteiger partial charge in [0.25, 0.3) is 5.91 Å². The molecule has 190 valence electrons. The first-order chi connectivity index (χ1) is 17.8. The fraction of sp³-hybridized carbons (Fsp3) is 0.345. The van der Waals surface area contributed by atoms with E-state index in [9.17, 15) is 14.7 Å². The Bertz CT molecular complexity index is 1520. The van der Waals surface area contributed by atoms with E-state index in [-0.39, 0.29) is 12.3 Å². The summed E-state index contributed by atoms with van der Waals surface area (Å²) >= 11 is 0. The predicted molar refractivity (Wildman–Crippen MR) is 141 cm³/mol. The molecule has 37 heavy (non-hydrogen) atoms. The van der Waals surface area contributed by atoms with Gasteiger partial charge in [-0.3, -0.25) is 14.6 Å². The molecule has 3 heterocycles. The van der Waals surface area contributed by atoms with Crippen molar-refractivity contribution in [2.24, 2.45) is 0 Å². The van der Waals surface area contributed by atoms with Gasteiger partial charge in [0.2, 0.25) is 0 Å². The van der Waals surface area contributed by atoms with Crippen molar-refractivity contribution >= 4 is 22.9 Å². The molecule has 1 aliphatic heterocycles. The van der Waals surface area contributed by atoms with Crippen molar-refractivity contribution in [1.82, 2.24) is 24.9 Å². The first-order valence-electron chi connectivity index (χ1n) is 12.7. The van der Waals surface area contributed by atoms with E-state index in [2.05, 4.69) is 10.3 Å². The molecule has 0 radical (unpaired) electrons. The molecule has 1 N–H and O–H groups in total. The van der Waals surface area contributed by atoms with E-state index in [1.165, 1.54) is 0 Å².